The van der Waals surface area contributed by atoms with Crippen molar-refractivity contribution in [2.75, 3.05) is 11.9 Å². The summed E-state index contributed by atoms with van der Waals surface area (Å²) in [5, 5.41) is 18.0. The highest BCUT2D eigenvalue weighted by Gasteiger charge is 2.23. The Hall–Kier alpha value is -4.73. The van der Waals surface area contributed by atoms with Crippen molar-refractivity contribution in [3.05, 3.63) is 77.9 Å². The van der Waals surface area contributed by atoms with Gasteiger partial charge in [0.2, 0.25) is 11.8 Å². The van der Waals surface area contributed by atoms with Gasteiger partial charge in [-0.3, -0.25) is 0 Å². The molecule has 10 nitrogen and oxygen atoms in total. The number of carbonyl (C=O) groups is 1. The molecule has 0 amide bonds. The zero-order valence-electron chi connectivity index (χ0n) is 23.9. The van der Waals surface area contributed by atoms with E-state index in [1.54, 1.807) is 0 Å². The number of hydrogen-bond donors (Lipinski definition) is 2. The second kappa shape index (κ2) is 12.4. The van der Waals surface area contributed by atoms with Gasteiger partial charge in [-0.15, -0.1) is 10.2 Å². The lowest BCUT2D eigenvalue weighted by Gasteiger charge is -2.22. The summed E-state index contributed by atoms with van der Waals surface area (Å²) < 4.78 is 13.5. The molecule has 0 bridgehead atoms. The van der Waals surface area contributed by atoms with Crippen molar-refractivity contribution in [3.63, 3.8) is 0 Å². The van der Waals surface area contributed by atoms with E-state index in [2.05, 4.69) is 66.9 Å². The summed E-state index contributed by atoms with van der Waals surface area (Å²) in [6, 6.07) is 22.5. The van der Waals surface area contributed by atoms with Crippen molar-refractivity contribution in [3.8, 4) is 22.5 Å². The largest absolute Gasteiger partial charge is 0.509 e. The molecule has 1 unspecified atom stereocenters. The number of para-hydroxylation sites is 1. The summed E-state index contributed by atoms with van der Waals surface area (Å²) in [6.45, 7) is 5.26. The van der Waals surface area contributed by atoms with Crippen LogP contribution in [0.3, 0.4) is 0 Å². The molecule has 1 saturated carbocycles. The normalized spacial score (nSPS) is 14.5. The minimum atomic E-state index is -0.612. The Morgan fingerprint density at radius 1 is 1.02 bits per heavy atom. The average Bonchev–Trinajstić information content (AvgIpc) is 3.67. The van der Waals surface area contributed by atoms with Gasteiger partial charge in [-0.1, -0.05) is 67.1 Å². The number of fused-ring (bicyclic) bond motifs is 1. The second-order valence-corrected chi connectivity index (χ2v) is 10.6. The maximum atomic E-state index is 12.6. The van der Waals surface area contributed by atoms with E-state index in [9.17, 15) is 4.79 Å². The van der Waals surface area contributed by atoms with Crippen LogP contribution in [0.4, 0.5) is 10.7 Å². The van der Waals surface area contributed by atoms with Gasteiger partial charge in [0.05, 0.1) is 17.6 Å². The van der Waals surface area contributed by atoms with Crippen molar-refractivity contribution in [1.82, 2.24) is 30.2 Å². The molecule has 2 heterocycles. The molecule has 10 heteroatoms. The van der Waals surface area contributed by atoms with Crippen LogP contribution in [0.25, 0.3) is 33.5 Å². The summed E-state index contributed by atoms with van der Waals surface area (Å²) in [6.07, 6.45) is 4.03. The Kier molecular flexibility index (Phi) is 8.12. The van der Waals surface area contributed by atoms with Gasteiger partial charge in [-0.25, -0.2) is 9.78 Å². The first kappa shape index (κ1) is 27.4. The predicted octanol–water partition coefficient (Wildman–Crippen LogP) is 6.91. The molecule has 1 aliphatic carbocycles. The Balaban J connectivity index is 1.24. The van der Waals surface area contributed by atoms with Crippen LogP contribution in [0, 0.1) is 0 Å². The lowest BCUT2D eigenvalue weighted by Crippen LogP contribution is -2.22. The lowest BCUT2D eigenvalue weighted by molar-refractivity contribution is -0.00724. The number of benzene rings is 3. The first-order valence-corrected chi connectivity index (χ1v) is 14.6. The molecule has 0 radical (unpaired) electrons. The topological polar surface area (TPSA) is 120 Å². The quantitative estimate of drug-likeness (QED) is 0.185. The molecule has 6 rings (SSSR count). The van der Waals surface area contributed by atoms with Crippen molar-refractivity contribution in [1.29, 1.82) is 0 Å². The van der Waals surface area contributed by atoms with Crippen LogP contribution in [0.5, 0.6) is 0 Å². The van der Waals surface area contributed by atoms with Crippen LogP contribution in [-0.4, -0.2) is 49.0 Å². The number of nitrogens with one attached hydrogen (secondary N) is 2. The number of ether oxygens (including phenoxy) is 2. The molecule has 1 fully saturated rings. The second-order valence-electron chi connectivity index (χ2n) is 10.6. The third kappa shape index (κ3) is 5.83. The molecule has 0 aliphatic heterocycles. The van der Waals surface area contributed by atoms with E-state index in [0.717, 1.165) is 77.0 Å². The lowest BCUT2D eigenvalue weighted by atomic mass is 9.98. The summed E-state index contributed by atoms with van der Waals surface area (Å²) in [5.74, 6) is 1.33. The fourth-order valence-electron chi connectivity index (χ4n) is 5.68. The van der Waals surface area contributed by atoms with Crippen LogP contribution < -0.4 is 5.32 Å². The molecule has 1 atom stereocenters. The third-order valence-electron chi connectivity index (χ3n) is 7.79. The van der Waals surface area contributed by atoms with Gasteiger partial charge in [0.15, 0.2) is 0 Å². The molecule has 5 aromatic rings. The Morgan fingerprint density at radius 2 is 1.81 bits per heavy atom. The number of rotatable bonds is 9. The SMILES string of the molecule is CCNc1nc2c(C(C)OC(=O)OC3CCCCC3)cccc2n1Cc1ccc(-c2ccccc2-c2nn[nH]n2)cc1. The van der Waals surface area contributed by atoms with E-state index < -0.39 is 12.3 Å². The first-order chi connectivity index (χ1) is 20.6. The number of nitrogens with zero attached hydrogens (tertiary/aromatic N) is 5. The van der Waals surface area contributed by atoms with E-state index in [4.69, 9.17) is 14.5 Å². The number of H-pyrrole nitrogens is 1. The standard InChI is InChI=1S/C32H35N7O3/c1-3-33-31-34-29-25(21(2)41-32(40)42-24-10-5-4-6-11-24)14-9-15-28(29)39(31)20-22-16-18-23(19-17-22)26-12-7-8-13-27(26)30-35-37-38-36-30/h7-9,12-19,21,24H,3-6,10-11,20H2,1-2H3,(H,33,34)(H,35,36,37,38). The van der Waals surface area contributed by atoms with Crippen LogP contribution in [0.1, 0.15) is 63.2 Å². The van der Waals surface area contributed by atoms with Gasteiger partial charge in [-0.05, 0) is 67.5 Å². The van der Waals surface area contributed by atoms with Gasteiger partial charge in [-0.2, -0.15) is 5.21 Å². The number of aromatic nitrogens is 6. The average molecular weight is 566 g/mol. The van der Waals surface area contributed by atoms with Crippen LogP contribution >= 0.6 is 0 Å². The maximum Gasteiger partial charge on any atom is 0.509 e. The molecule has 3 aromatic carbocycles. The smallest absolute Gasteiger partial charge is 0.431 e. The number of carbonyl (C=O) groups excluding carboxylic acids is 1. The van der Waals surface area contributed by atoms with Gasteiger partial charge in [0.25, 0.3) is 0 Å². The van der Waals surface area contributed by atoms with Gasteiger partial charge in [0.1, 0.15) is 12.2 Å². The predicted molar refractivity (Wildman–Crippen MR) is 161 cm³/mol. The first-order valence-electron chi connectivity index (χ1n) is 14.6. The summed E-state index contributed by atoms with van der Waals surface area (Å²) in [7, 11) is 0. The van der Waals surface area contributed by atoms with Crippen molar-refractivity contribution >= 4 is 23.1 Å². The fraction of sp³-hybridized carbons (Fsp3) is 0.344. The van der Waals surface area contributed by atoms with Crippen LogP contribution in [-0.2, 0) is 16.0 Å². The van der Waals surface area contributed by atoms with E-state index in [0.29, 0.717) is 12.4 Å². The number of tetrazole rings is 1. The monoisotopic (exact) mass is 565 g/mol. The van der Waals surface area contributed by atoms with E-state index in [-0.39, 0.29) is 6.10 Å². The van der Waals surface area contributed by atoms with Gasteiger partial charge < -0.3 is 19.4 Å². The molecule has 0 saturated heterocycles. The molecular weight excluding hydrogens is 530 g/mol. The van der Waals surface area contributed by atoms with Crippen molar-refractivity contribution in [2.45, 2.75) is 64.7 Å². The van der Waals surface area contributed by atoms with Gasteiger partial charge in [0, 0.05) is 17.7 Å². The van der Waals surface area contributed by atoms with Crippen LogP contribution in [0.2, 0.25) is 0 Å². The summed E-state index contributed by atoms with van der Waals surface area (Å²) in [5.41, 5.74) is 6.76. The molecule has 42 heavy (non-hydrogen) atoms. The number of anilines is 1. The van der Waals surface area contributed by atoms with Crippen molar-refractivity contribution in [2.24, 2.45) is 0 Å². The molecule has 2 aromatic heterocycles. The molecule has 2 N–H and O–H groups in total. The maximum absolute atomic E-state index is 12.6. The minimum absolute atomic E-state index is 0.0485. The minimum Gasteiger partial charge on any atom is -0.431 e. The molecular formula is C32H35N7O3. The highest BCUT2D eigenvalue weighted by molar-refractivity contribution is 5.83. The zero-order chi connectivity index (χ0) is 28.9. The Morgan fingerprint density at radius 3 is 2.55 bits per heavy atom. The van der Waals surface area contributed by atoms with E-state index in [1.807, 2.05) is 44.2 Å². The van der Waals surface area contributed by atoms with Crippen LogP contribution in [0.15, 0.2) is 66.7 Å². The Bertz CT molecular complexity index is 1640. The number of aromatic amines is 1. The van der Waals surface area contributed by atoms with E-state index in [1.165, 1.54) is 6.42 Å². The van der Waals surface area contributed by atoms with Crippen molar-refractivity contribution < 1.29 is 14.3 Å². The van der Waals surface area contributed by atoms with Gasteiger partial charge >= 0.3 is 6.16 Å². The molecule has 0 spiro atoms. The third-order valence-corrected chi connectivity index (χ3v) is 7.79. The molecule has 1 aliphatic rings. The number of imidazole rings is 1. The highest BCUT2D eigenvalue weighted by atomic mass is 16.7. The molecule has 216 valence electrons. The Labute approximate surface area is 244 Å². The summed E-state index contributed by atoms with van der Waals surface area (Å²) >= 11 is 0. The summed E-state index contributed by atoms with van der Waals surface area (Å²) in [4.78, 5) is 17.5. The fourth-order valence-corrected chi connectivity index (χ4v) is 5.68. The van der Waals surface area contributed by atoms with E-state index >= 15 is 0 Å². The zero-order valence-corrected chi connectivity index (χ0v) is 23.9. The highest BCUT2D eigenvalue weighted by Crippen LogP contribution is 2.32. The number of hydrogen-bond acceptors (Lipinski definition) is 8.